The van der Waals surface area contributed by atoms with Crippen molar-refractivity contribution in [3.05, 3.63) is 46.2 Å². The number of carbonyl (C=O) groups excluding carboxylic acids is 1. The van der Waals surface area contributed by atoms with Gasteiger partial charge in [0.25, 0.3) is 0 Å². The molecule has 2 aliphatic heterocycles. The maximum absolute atomic E-state index is 13.5. The molecule has 32 heavy (non-hydrogen) atoms. The van der Waals surface area contributed by atoms with Gasteiger partial charge in [0.15, 0.2) is 5.96 Å². The van der Waals surface area contributed by atoms with E-state index in [4.69, 9.17) is 10.7 Å². The van der Waals surface area contributed by atoms with Gasteiger partial charge in [0.05, 0.1) is 17.6 Å². The number of rotatable bonds is 4. The van der Waals surface area contributed by atoms with E-state index in [9.17, 15) is 10.1 Å². The van der Waals surface area contributed by atoms with Crippen LogP contribution in [0.1, 0.15) is 44.1 Å². The molecule has 0 unspecified atom stereocenters. The van der Waals surface area contributed by atoms with Crippen LogP contribution in [0.4, 0.5) is 0 Å². The molecule has 0 radical (unpaired) electrons. The molecule has 1 amide bonds. The normalized spacial score (nSPS) is 25.1. The summed E-state index contributed by atoms with van der Waals surface area (Å²) in [5.74, 6) is 0.347. The van der Waals surface area contributed by atoms with Crippen LogP contribution in [0, 0.1) is 23.2 Å². The van der Waals surface area contributed by atoms with Crippen LogP contribution in [0.5, 0.6) is 0 Å². The Morgan fingerprint density at radius 1 is 1.25 bits per heavy atom. The number of nitrogens with two attached hydrogens (primary N) is 1. The molecular weight excluding hydrogens is 418 g/mol. The predicted octanol–water partition coefficient (Wildman–Crippen LogP) is 4.03. The highest BCUT2D eigenvalue weighted by molar-refractivity contribution is 7.10. The van der Waals surface area contributed by atoms with Gasteiger partial charge < -0.3 is 10.6 Å². The number of piperidine rings is 1. The molecule has 0 saturated carbocycles. The molecule has 1 fully saturated rings. The molecule has 2 aliphatic rings. The van der Waals surface area contributed by atoms with Crippen molar-refractivity contribution in [3.8, 4) is 17.2 Å². The second-order valence-corrected chi connectivity index (χ2v) is 10.3. The Morgan fingerprint density at radius 3 is 2.62 bits per heavy atom. The number of carbonyl (C=O) groups is 1. The molecule has 3 heterocycles. The Hall–Kier alpha value is -2.69. The third kappa shape index (κ3) is 3.94. The zero-order chi connectivity index (χ0) is 23.0. The van der Waals surface area contributed by atoms with Gasteiger partial charge in [0.1, 0.15) is 5.54 Å². The Balaban J connectivity index is 1.70. The van der Waals surface area contributed by atoms with Crippen molar-refractivity contribution in [2.45, 2.75) is 45.2 Å². The molecule has 7 heteroatoms. The largest absolute Gasteiger partial charge is 0.369 e. The van der Waals surface area contributed by atoms with Gasteiger partial charge in [-0.2, -0.15) is 5.26 Å². The number of nitrogens with zero attached hydrogens (tertiary/aromatic N) is 4. The van der Waals surface area contributed by atoms with E-state index in [0.717, 1.165) is 41.9 Å². The standard InChI is InChI=1S/C25H31N5OS/c1-16(2)30-10-8-18(9-11-30)22-23(31)29(4)24(27)28-25(22,3)21-13-20(15-32-21)19-7-5-6-17(12-19)14-26/h5-7,12-13,15-16,18,22H,8-11H2,1-4H3,(H2,27,28)/t22-,25+/m0/s1. The van der Waals surface area contributed by atoms with Crippen LogP contribution in [0.3, 0.4) is 0 Å². The number of benzene rings is 1. The summed E-state index contributed by atoms with van der Waals surface area (Å²) in [6.07, 6.45) is 1.96. The lowest BCUT2D eigenvalue weighted by molar-refractivity contribution is -0.137. The summed E-state index contributed by atoms with van der Waals surface area (Å²) in [6.45, 7) is 8.52. The van der Waals surface area contributed by atoms with Crippen molar-refractivity contribution in [3.63, 3.8) is 0 Å². The first-order valence-electron chi connectivity index (χ1n) is 11.2. The monoisotopic (exact) mass is 449 g/mol. The number of likely N-dealkylation sites (tertiary alicyclic amines) is 1. The van der Waals surface area contributed by atoms with Crippen LogP contribution in [0.2, 0.25) is 0 Å². The first-order valence-corrected chi connectivity index (χ1v) is 12.1. The minimum absolute atomic E-state index is 0.0597. The van der Waals surface area contributed by atoms with Crippen LogP contribution in [0.25, 0.3) is 11.1 Å². The summed E-state index contributed by atoms with van der Waals surface area (Å²) in [7, 11) is 1.73. The van der Waals surface area contributed by atoms with E-state index >= 15 is 0 Å². The quantitative estimate of drug-likeness (QED) is 0.764. The topological polar surface area (TPSA) is 85.7 Å². The third-order valence-electron chi connectivity index (χ3n) is 7.09. The Labute approximate surface area is 194 Å². The summed E-state index contributed by atoms with van der Waals surface area (Å²) in [6, 6.07) is 12.4. The maximum Gasteiger partial charge on any atom is 0.235 e. The fourth-order valence-electron chi connectivity index (χ4n) is 5.10. The molecule has 6 nitrogen and oxygen atoms in total. The second-order valence-electron chi connectivity index (χ2n) is 9.35. The predicted molar refractivity (Wildman–Crippen MR) is 129 cm³/mol. The molecule has 4 rings (SSSR count). The van der Waals surface area contributed by atoms with E-state index in [-0.39, 0.29) is 23.7 Å². The highest BCUT2D eigenvalue weighted by Crippen LogP contribution is 2.47. The number of guanidine groups is 1. The molecule has 0 spiro atoms. The minimum Gasteiger partial charge on any atom is -0.369 e. The maximum atomic E-state index is 13.5. The molecule has 2 N–H and O–H groups in total. The van der Waals surface area contributed by atoms with Gasteiger partial charge in [0.2, 0.25) is 5.91 Å². The summed E-state index contributed by atoms with van der Waals surface area (Å²) in [5.41, 5.74) is 8.17. The van der Waals surface area contributed by atoms with Crippen molar-refractivity contribution in [2.75, 3.05) is 20.1 Å². The molecule has 1 aromatic carbocycles. The minimum atomic E-state index is -0.700. The van der Waals surface area contributed by atoms with Gasteiger partial charge in [-0.15, -0.1) is 11.3 Å². The lowest BCUT2D eigenvalue weighted by atomic mass is 9.70. The Kier molecular flexibility index (Phi) is 6.11. The average Bonchev–Trinajstić information content (AvgIpc) is 3.29. The molecule has 1 saturated heterocycles. The first-order chi connectivity index (χ1) is 15.2. The van der Waals surface area contributed by atoms with Crippen LogP contribution in [-0.4, -0.2) is 47.8 Å². The fraction of sp³-hybridized carbons (Fsp3) is 0.480. The smallest absolute Gasteiger partial charge is 0.235 e. The molecule has 2 aromatic rings. The number of amides is 1. The van der Waals surface area contributed by atoms with Gasteiger partial charge in [0, 0.05) is 18.0 Å². The van der Waals surface area contributed by atoms with E-state index < -0.39 is 5.54 Å². The number of hydrogen-bond donors (Lipinski definition) is 1. The van der Waals surface area contributed by atoms with E-state index in [1.54, 1.807) is 24.5 Å². The zero-order valence-corrected chi connectivity index (χ0v) is 20.0. The summed E-state index contributed by atoms with van der Waals surface area (Å²) >= 11 is 1.61. The van der Waals surface area contributed by atoms with Crippen molar-refractivity contribution in [1.29, 1.82) is 5.26 Å². The van der Waals surface area contributed by atoms with Crippen molar-refractivity contribution < 1.29 is 4.79 Å². The van der Waals surface area contributed by atoms with Gasteiger partial charge in [-0.05, 0) is 87.3 Å². The van der Waals surface area contributed by atoms with Gasteiger partial charge >= 0.3 is 0 Å². The van der Waals surface area contributed by atoms with E-state index in [1.165, 1.54) is 4.90 Å². The SMILES string of the molecule is CC(C)N1CCC([C@H]2C(=O)N(C)C(N)=N[C@]2(C)c2cc(-c3cccc(C#N)c3)cs2)CC1. The second kappa shape index (κ2) is 8.68. The van der Waals surface area contributed by atoms with Crippen LogP contribution in [-0.2, 0) is 10.3 Å². The summed E-state index contributed by atoms with van der Waals surface area (Å²) in [5, 5.41) is 11.3. The number of aliphatic imine (C=N–C) groups is 1. The van der Waals surface area contributed by atoms with Crippen LogP contribution in [0.15, 0.2) is 40.7 Å². The van der Waals surface area contributed by atoms with Crippen molar-refractivity contribution in [2.24, 2.45) is 22.6 Å². The Morgan fingerprint density at radius 2 is 1.97 bits per heavy atom. The molecule has 0 aliphatic carbocycles. The van der Waals surface area contributed by atoms with Crippen LogP contribution >= 0.6 is 11.3 Å². The van der Waals surface area contributed by atoms with Gasteiger partial charge in [-0.25, -0.2) is 4.99 Å². The molecule has 2 atom stereocenters. The van der Waals surface area contributed by atoms with Crippen molar-refractivity contribution in [1.82, 2.24) is 9.80 Å². The fourth-order valence-corrected chi connectivity index (χ4v) is 6.17. The van der Waals surface area contributed by atoms with Crippen molar-refractivity contribution >= 4 is 23.2 Å². The van der Waals surface area contributed by atoms with E-state index in [1.807, 2.05) is 18.2 Å². The van der Waals surface area contributed by atoms with E-state index in [0.29, 0.717) is 11.6 Å². The highest BCUT2D eigenvalue weighted by Gasteiger charge is 2.51. The number of thiophene rings is 1. The molecule has 168 valence electrons. The van der Waals surface area contributed by atoms with Gasteiger partial charge in [-0.3, -0.25) is 9.69 Å². The van der Waals surface area contributed by atoms with E-state index in [2.05, 4.69) is 43.2 Å². The molecule has 0 bridgehead atoms. The molecule has 1 aromatic heterocycles. The van der Waals surface area contributed by atoms with Crippen LogP contribution < -0.4 is 5.73 Å². The highest BCUT2D eigenvalue weighted by atomic mass is 32.1. The van der Waals surface area contributed by atoms with Gasteiger partial charge in [-0.1, -0.05) is 12.1 Å². The summed E-state index contributed by atoms with van der Waals surface area (Å²) in [4.78, 5) is 23.5. The lowest BCUT2D eigenvalue weighted by Gasteiger charge is -2.46. The lowest BCUT2D eigenvalue weighted by Crippen LogP contribution is -2.57. The third-order valence-corrected chi connectivity index (χ3v) is 8.25. The number of nitriles is 1. The Bertz CT molecular complexity index is 1080. The first kappa shape index (κ1) is 22.5. The summed E-state index contributed by atoms with van der Waals surface area (Å²) < 4.78 is 0. The molecular formula is C25H31N5OS. The zero-order valence-electron chi connectivity index (χ0n) is 19.2. The number of hydrogen-bond acceptors (Lipinski definition) is 6. The average molecular weight is 450 g/mol.